The topological polar surface area (TPSA) is 73.0 Å². The number of amides is 1. The molecule has 0 atom stereocenters. The highest BCUT2D eigenvalue weighted by Crippen LogP contribution is 2.32. The van der Waals surface area contributed by atoms with Gasteiger partial charge >= 0.3 is 0 Å². The van der Waals surface area contributed by atoms with Gasteiger partial charge in [-0.05, 0) is 35.9 Å². The smallest absolute Gasteiger partial charge is 0.230 e. The van der Waals surface area contributed by atoms with E-state index in [0.29, 0.717) is 39.9 Å². The predicted octanol–water partition coefficient (Wildman–Crippen LogP) is 5.30. The van der Waals surface area contributed by atoms with Gasteiger partial charge in [-0.15, -0.1) is 10.2 Å². The van der Waals surface area contributed by atoms with Gasteiger partial charge in [-0.3, -0.25) is 9.36 Å². The molecule has 2 aromatic heterocycles. The molecule has 0 radical (unpaired) electrons. The number of halogens is 2. The number of hydrogen-bond donors (Lipinski definition) is 1. The molecule has 158 valence electrons. The van der Waals surface area contributed by atoms with E-state index in [1.807, 2.05) is 47.0 Å². The van der Waals surface area contributed by atoms with Crippen LogP contribution in [0.25, 0.3) is 11.4 Å². The van der Waals surface area contributed by atoms with Crippen LogP contribution in [0.2, 0.25) is 10.0 Å². The van der Waals surface area contributed by atoms with Crippen molar-refractivity contribution in [3.8, 4) is 11.4 Å². The van der Waals surface area contributed by atoms with Gasteiger partial charge in [0.2, 0.25) is 5.91 Å². The Morgan fingerprint density at radius 1 is 1.06 bits per heavy atom. The van der Waals surface area contributed by atoms with E-state index in [1.165, 1.54) is 11.8 Å². The maximum Gasteiger partial charge on any atom is 0.230 e. The van der Waals surface area contributed by atoms with Crippen molar-refractivity contribution in [3.63, 3.8) is 0 Å². The van der Waals surface area contributed by atoms with Crippen molar-refractivity contribution < 1.29 is 9.21 Å². The summed E-state index contributed by atoms with van der Waals surface area (Å²) in [5.74, 6) is 1.39. The molecule has 0 fully saturated rings. The zero-order valence-electron chi connectivity index (χ0n) is 16.3. The Bertz CT molecular complexity index is 1160. The third-order valence-electron chi connectivity index (χ3n) is 4.44. The van der Waals surface area contributed by atoms with Gasteiger partial charge in [0.25, 0.3) is 0 Å². The minimum absolute atomic E-state index is 0.123. The van der Waals surface area contributed by atoms with Crippen molar-refractivity contribution in [1.82, 2.24) is 20.1 Å². The standard InChI is InChI=1S/C22H18Cl2N4O2S/c23-16-8-9-18(19(24)11-16)21-26-27-22(28(21)13-15-5-2-1-3-6-15)31-14-20(29)25-12-17-7-4-10-30-17/h1-11H,12-14H2,(H,25,29). The largest absolute Gasteiger partial charge is 0.467 e. The molecule has 1 amide bonds. The van der Waals surface area contributed by atoms with Crippen LogP contribution in [0.4, 0.5) is 0 Å². The number of hydrogen-bond acceptors (Lipinski definition) is 5. The molecule has 4 aromatic rings. The Balaban J connectivity index is 1.55. The predicted molar refractivity (Wildman–Crippen MR) is 122 cm³/mol. The third-order valence-corrected chi connectivity index (χ3v) is 5.96. The highest BCUT2D eigenvalue weighted by molar-refractivity contribution is 7.99. The number of thioether (sulfide) groups is 1. The van der Waals surface area contributed by atoms with Crippen LogP contribution in [0.3, 0.4) is 0 Å². The molecule has 6 nitrogen and oxygen atoms in total. The maximum atomic E-state index is 12.3. The fraction of sp³-hybridized carbons (Fsp3) is 0.136. The third kappa shape index (κ3) is 5.50. The van der Waals surface area contributed by atoms with Crippen molar-refractivity contribution in [2.45, 2.75) is 18.2 Å². The van der Waals surface area contributed by atoms with Gasteiger partial charge in [0.15, 0.2) is 11.0 Å². The zero-order valence-corrected chi connectivity index (χ0v) is 18.6. The quantitative estimate of drug-likeness (QED) is 0.352. The van der Waals surface area contributed by atoms with Crippen LogP contribution in [-0.4, -0.2) is 26.4 Å². The summed E-state index contributed by atoms with van der Waals surface area (Å²) in [7, 11) is 0. The maximum absolute atomic E-state index is 12.3. The lowest BCUT2D eigenvalue weighted by Gasteiger charge is -2.11. The summed E-state index contributed by atoms with van der Waals surface area (Å²) in [6.07, 6.45) is 1.58. The fourth-order valence-electron chi connectivity index (χ4n) is 2.95. The molecule has 1 N–H and O–H groups in total. The second-order valence-electron chi connectivity index (χ2n) is 6.65. The molecule has 31 heavy (non-hydrogen) atoms. The van der Waals surface area contributed by atoms with Crippen LogP contribution in [0, 0.1) is 0 Å². The molecule has 0 saturated heterocycles. The number of aromatic nitrogens is 3. The summed E-state index contributed by atoms with van der Waals surface area (Å²) in [6, 6.07) is 18.8. The summed E-state index contributed by atoms with van der Waals surface area (Å²) >= 11 is 13.8. The van der Waals surface area contributed by atoms with E-state index in [-0.39, 0.29) is 11.7 Å². The number of carbonyl (C=O) groups excluding carboxylic acids is 1. The molecule has 0 bridgehead atoms. The van der Waals surface area contributed by atoms with Crippen molar-refractivity contribution >= 4 is 40.9 Å². The normalized spacial score (nSPS) is 10.9. The van der Waals surface area contributed by atoms with Gasteiger partial charge in [0.1, 0.15) is 5.76 Å². The Kier molecular flexibility index (Phi) is 6.96. The Labute approximate surface area is 193 Å². The zero-order chi connectivity index (χ0) is 21.6. The lowest BCUT2D eigenvalue weighted by Crippen LogP contribution is -2.24. The minimum Gasteiger partial charge on any atom is -0.467 e. The number of benzene rings is 2. The van der Waals surface area contributed by atoms with Gasteiger partial charge in [0, 0.05) is 10.6 Å². The fourth-order valence-corrected chi connectivity index (χ4v) is 4.21. The first-order valence-corrected chi connectivity index (χ1v) is 11.2. The van der Waals surface area contributed by atoms with Crippen molar-refractivity contribution in [2.75, 3.05) is 5.75 Å². The van der Waals surface area contributed by atoms with Crippen LogP contribution in [0.1, 0.15) is 11.3 Å². The molecule has 0 aliphatic heterocycles. The summed E-state index contributed by atoms with van der Waals surface area (Å²) in [4.78, 5) is 12.3. The molecule has 0 aliphatic rings. The van der Waals surface area contributed by atoms with Gasteiger partial charge in [-0.25, -0.2) is 0 Å². The van der Waals surface area contributed by atoms with Crippen LogP contribution in [0.15, 0.2) is 76.5 Å². The van der Waals surface area contributed by atoms with Crippen molar-refractivity contribution in [3.05, 3.63) is 88.3 Å². The second-order valence-corrected chi connectivity index (χ2v) is 8.43. The molecular weight excluding hydrogens is 455 g/mol. The molecule has 0 saturated carbocycles. The second kappa shape index (κ2) is 10.0. The molecule has 0 spiro atoms. The van der Waals surface area contributed by atoms with E-state index in [9.17, 15) is 4.79 Å². The van der Waals surface area contributed by atoms with Crippen LogP contribution >= 0.6 is 35.0 Å². The highest BCUT2D eigenvalue weighted by Gasteiger charge is 2.18. The lowest BCUT2D eigenvalue weighted by molar-refractivity contribution is -0.118. The molecule has 9 heteroatoms. The van der Waals surface area contributed by atoms with E-state index in [0.717, 1.165) is 11.1 Å². The minimum atomic E-state index is -0.123. The molecular formula is C22H18Cl2N4O2S. The van der Waals surface area contributed by atoms with E-state index in [4.69, 9.17) is 27.6 Å². The summed E-state index contributed by atoms with van der Waals surface area (Å²) in [6.45, 7) is 0.882. The first-order chi connectivity index (χ1) is 15.1. The molecule has 0 aliphatic carbocycles. The first-order valence-electron chi connectivity index (χ1n) is 9.44. The molecule has 4 rings (SSSR count). The van der Waals surface area contributed by atoms with Crippen LogP contribution in [-0.2, 0) is 17.9 Å². The number of carbonyl (C=O) groups is 1. The number of nitrogens with zero attached hydrogens (tertiary/aromatic N) is 3. The van der Waals surface area contributed by atoms with Crippen LogP contribution in [0.5, 0.6) is 0 Å². The molecule has 2 aromatic carbocycles. The van der Waals surface area contributed by atoms with Gasteiger partial charge < -0.3 is 9.73 Å². The van der Waals surface area contributed by atoms with Crippen molar-refractivity contribution in [1.29, 1.82) is 0 Å². The average molecular weight is 473 g/mol. The number of furan rings is 1. The Hall–Kier alpha value is -2.74. The average Bonchev–Trinajstić information content (AvgIpc) is 3.42. The molecule has 0 unspecified atom stereocenters. The summed E-state index contributed by atoms with van der Waals surface area (Å²) in [5.41, 5.74) is 1.81. The van der Waals surface area contributed by atoms with Crippen molar-refractivity contribution in [2.24, 2.45) is 0 Å². The summed E-state index contributed by atoms with van der Waals surface area (Å²) < 4.78 is 7.19. The first kappa shape index (κ1) is 21.5. The van der Waals surface area contributed by atoms with E-state index in [2.05, 4.69) is 15.5 Å². The monoisotopic (exact) mass is 472 g/mol. The Morgan fingerprint density at radius 2 is 1.90 bits per heavy atom. The number of nitrogens with one attached hydrogen (secondary N) is 1. The number of rotatable bonds is 8. The van der Waals surface area contributed by atoms with Gasteiger partial charge in [-0.2, -0.15) is 0 Å². The van der Waals surface area contributed by atoms with E-state index >= 15 is 0 Å². The van der Waals surface area contributed by atoms with Gasteiger partial charge in [-0.1, -0.05) is 65.3 Å². The Morgan fingerprint density at radius 3 is 2.65 bits per heavy atom. The summed E-state index contributed by atoms with van der Waals surface area (Å²) in [5, 5.41) is 13.2. The van der Waals surface area contributed by atoms with Crippen LogP contribution < -0.4 is 5.32 Å². The van der Waals surface area contributed by atoms with Gasteiger partial charge in [0.05, 0.1) is 30.1 Å². The lowest BCUT2D eigenvalue weighted by atomic mass is 10.2. The molecule has 2 heterocycles. The highest BCUT2D eigenvalue weighted by atomic mass is 35.5. The van der Waals surface area contributed by atoms with E-state index < -0.39 is 0 Å². The SMILES string of the molecule is O=C(CSc1nnc(-c2ccc(Cl)cc2Cl)n1Cc1ccccc1)NCc1ccco1. The van der Waals surface area contributed by atoms with E-state index in [1.54, 1.807) is 24.5 Å².